The lowest BCUT2D eigenvalue weighted by Gasteiger charge is -2.11. The molecule has 16 heavy (non-hydrogen) atoms. The number of carbonyl (C=O) groups is 1. The van der Waals surface area contributed by atoms with Crippen molar-refractivity contribution < 1.29 is 9.53 Å². The molecular formula is C13H17ClO2. The van der Waals surface area contributed by atoms with E-state index in [1.165, 1.54) is 0 Å². The number of halogens is 1. The van der Waals surface area contributed by atoms with Gasteiger partial charge in [-0.05, 0) is 44.0 Å². The molecule has 0 radical (unpaired) electrons. The summed E-state index contributed by atoms with van der Waals surface area (Å²) in [4.78, 5) is 11.7. The Balaban J connectivity index is 3.03. The highest BCUT2D eigenvalue weighted by Crippen LogP contribution is 2.22. The van der Waals surface area contributed by atoms with Crippen molar-refractivity contribution in [1.29, 1.82) is 0 Å². The molecule has 0 aliphatic rings. The molecule has 0 aliphatic heterocycles. The highest BCUT2D eigenvalue weighted by atomic mass is 35.5. The monoisotopic (exact) mass is 240 g/mol. The second kappa shape index (κ2) is 5.90. The zero-order valence-electron chi connectivity index (χ0n) is 9.92. The summed E-state index contributed by atoms with van der Waals surface area (Å²) in [5, 5.41) is -0.484. The van der Waals surface area contributed by atoms with E-state index < -0.39 is 5.38 Å². The van der Waals surface area contributed by atoms with E-state index in [9.17, 15) is 4.79 Å². The first kappa shape index (κ1) is 13.0. The van der Waals surface area contributed by atoms with Crippen molar-refractivity contribution in [3.8, 4) is 5.75 Å². The molecule has 2 nitrogen and oxygen atoms in total. The number of Topliss-reactive ketones (excluding diaryl/α,β-unsaturated/α-hetero) is 1. The van der Waals surface area contributed by atoms with E-state index in [1.807, 2.05) is 26.0 Å². The van der Waals surface area contributed by atoms with Gasteiger partial charge in [-0.15, -0.1) is 11.6 Å². The zero-order valence-corrected chi connectivity index (χ0v) is 10.7. The normalized spacial score (nSPS) is 12.2. The van der Waals surface area contributed by atoms with Crippen LogP contribution in [0.25, 0.3) is 0 Å². The first-order valence-corrected chi connectivity index (χ1v) is 5.97. The van der Waals surface area contributed by atoms with Crippen LogP contribution in [0.4, 0.5) is 0 Å². The number of aryl methyl sites for hydroxylation is 1. The van der Waals surface area contributed by atoms with Crippen LogP contribution in [0.15, 0.2) is 18.2 Å². The third-order valence-electron chi connectivity index (χ3n) is 2.39. The van der Waals surface area contributed by atoms with Crippen molar-refractivity contribution in [2.45, 2.75) is 32.6 Å². The molecule has 1 unspecified atom stereocenters. The fourth-order valence-electron chi connectivity index (χ4n) is 1.53. The number of ketones is 1. The Morgan fingerprint density at radius 3 is 2.62 bits per heavy atom. The minimum Gasteiger partial charge on any atom is -0.494 e. The SMILES string of the molecule is CCOc1ccc(C(=O)C(C)Cl)cc1CC. The summed E-state index contributed by atoms with van der Waals surface area (Å²) >= 11 is 5.78. The van der Waals surface area contributed by atoms with Crippen molar-refractivity contribution in [3.63, 3.8) is 0 Å². The lowest BCUT2D eigenvalue weighted by Crippen LogP contribution is -2.11. The average molecular weight is 241 g/mol. The van der Waals surface area contributed by atoms with Gasteiger partial charge in [0.2, 0.25) is 0 Å². The second-order valence-electron chi connectivity index (χ2n) is 3.59. The second-order valence-corrected chi connectivity index (χ2v) is 4.24. The molecule has 0 aliphatic carbocycles. The highest BCUT2D eigenvalue weighted by molar-refractivity contribution is 6.33. The molecule has 1 rings (SSSR count). The number of hydrogen-bond donors (Lipinski definition) is 0. The Labute approximate surface area is 102 Å². The Morgan fingerprint density at radius 1 is 1.44 bits per heavy atom. The van der Waals surface area contributed by atoms with Crippen molar-refractivity contribution in [2.24, 2.45) is 0 Å². The van der Waals surface area contributed by atoms with Gasteiger partial charge in [0.15, 0.2) is 5.78 Å². The van der Waals surface area contributed by atoms with Crippen LogP contribution in [-0.4, -0.2) is 17.8 Å². The van der Waals surface area contributed by atoms with E-state index in [0.29, 0.717) is 12.2 Å². The van der Waals surface area contributed by atoms with Crippen LogP contribution in [0, 0.1) is 0 Å². The minimum atomic E-state index is -0.484. The molecular weight excluding hydrogens is 224 g/mol. The Kier molecular flexibility index (Phi) is 4.81. The van der Waals surface area contributed by atoms with Crippen LogP contribution in [-0.2, 0) is 6.42 Å². The first-order chi connectivity index (χ1) is 7.60. The maximum Gasteiger partial charge on any atom is 0.180 e. The van der Waals surface area contributed by atoms with Crippen molar-refractivity contribution >= 4 is 17.4 Å². The van der Waals surface area contributed by atoms with Crippen LogP contribution in [0.5, 0.6) is 5.75 Å². The Morgan fingerprint density at radius 2 is 2.12 bits per heavy atom. The lowest BCUT2D eigenvalue weighted by atomic mass is 10.0. The van der Waals surface area contributed by atoms with Crippen LogP contribution in [0.1, 0.15) is 36.7 Å². The van der Waals surface area contributed by atoms with E-state index in [-0.39, 0.29) is 5.78 Å². The molecule has 0 bridgehead atoms. The average Bonchev–Trinajstić information content (AvgIpc) is 2.29. The largest absolute Gasteiger partial charge is 0.494 e. The van der Waals surface area contributed by atoms with Gasteiger partial charge < -0.3 is 4.74 Å². The van der Waals surface area contributed by atoms with Crippen molar-refractivity contribution in [2.75, 3.05) is 6.61 Å². The first-order valence-electron chi connectivity index (χ1n) is 5.54. The van der Waals surface area contributed by atoms with Crippen LogP contribution >= 0.6 is 11.6 Å². The quantitative estimate of drug-likeness (QED) is 0.582. The molecule has 0 spiro atoms. The van der Waals surface area contributed by atoms with Gasteiger partial charge >= 0.3 is 0 Å². The molecule has 0 saturated heterocycles. The third kappa shape index (κ3) is 2.99. The van der Waals surface area contributed by atoms with Crippen molar-refractivity contribution in [1.82, 2.24) is 0 Å². The Bertz CT molecular complexity index is 372. The van der Waals surface area contributed by atoms with Crippen LogP contribution in [0.2, 0.25) is 0 Å². The van der Waals surface area contributed by atoms with E-state index in [2.05, 4.69) is 0 Å². The smallest absolute Gasteiger partial charge is 0.180 e. The minimum absolute atomic E-state index is 0.0422. The molecule has 0 aromatic heterocycles. The molecule has 1 aromatic rings. The third-order valence-corrected chi connectivity index (χ3v) is 2.59. The summed E-state index contributed by atoms with van der Waals surface area (Å²) in [6.45, 7) is 6.30. The van der Waals surface area contributed by atoms with Gasteiger partial charge in [0, 0.05) is 5.56 Å². The summed E-state index contributed by atoms with van der Waals surface area (Å²) in [5.41, 5.74) is 1.70. The van der Waals surface area contributed by atoms with Gasteiger partial charge in [0.05, 0.1) is 12.0 Å². The van der Waals surface area contributed by atoms with Crippen molar-refractivity contribution in [3.05, 3.63) is 29.3 Å². The van der Waals surface area contributed by atoms with E-state index >= 15 is 0 Å². The van der Waals surface area contributed by atoms with Crippen LogP contribution < -0.4 is 4.74 Å². The van der Waals surface area contributed by atoms with Crippen LogP contribution in [0.3, 0.4) is 0 Å². The van der Waals surface area contributed by atoms with E-state index in [1.54, 1.807) is 13.0 Å². The van der Waals surface area contributed by atoms with Gasteiger partial charge in [-0.25, -0.2) is 0 Å². The maximum atomic E-state index is 11.7. The number of rotatable bonds is 5. The Hall–Kier alpha value is -1.02. The zero-order chi connectivity index (χ0) is 12.1. The summed E-state index contributed by atoms with van der Waals surface area (Å²) in [6, 6.07) is 5.48. The topological polar surface area (TPSA) is 26.3 Å². The molecule has 1 atom stereocenters. The van der Waals surface area contributed by atoms with Gasteiger partial charge in [-0.3, -0.25) is 4.79 Å². The number of benzene rings is 1. The van der Waals surface area contributed by atoms with E-state index in [4.69, 9.17) is 16.3 Å². The predicted molar refractivity (Wildman–Crippen MR) is 66.6 cm³/mol. The number of hydrogen-bond acceptors (Lipinski definition) is 2. The summed E-state index contributed by atoms with van der Waals surface area (Å²) in [6.07, 6.45) is 0.840. The molecule has 1 aromatic carbocycles. The molecule has 0 amide bonds. The highest BCUT2D eigenvalue weighted by Gasteiger charge is 2.14. The number of alkyl halides is 1. The van der Waals surface area contributed by atoms with Gasteiger partial charge in [0.1, 0.15) is 5.75 Å². The molecule has 0 N–H and O–H groups in total. The molecule has 88 valence electrons. The van der Waals surface area contributed by atoms with E-state index in [0.717, 1.165) is 17.7 Å². The summed E-state index contributed by atoms with van der Waals surface area (Å²) in [7, 11) is 0. The fourth-order valence-corrected chi connectivity index (χ4v) is 1.66. The molecule has 0 fully saturated rings. The molecule has 0 saturated carbocycles. The lowest BCUT2D eigenvalue weighted by molar-refractivity contribution is 0.0991. The molecule has 3 heteroatoms. The van der Waals surface area contributed by atoms with Gasteiger partial charge in [-0.1, -0.05) is 6.92 Å². The van der Waals surface area contributed by atoms with Gasteiger partial charge in [0.25, 0.3) is 0 Å². The molecule has 0 heterocycles. The number of ether oxygens (including phenoxy) is 1. The van der Waals surface area contributed by atoms with Gasteiger partial charge in [-0.2, -0.15) is 0 Å². The standard InChI is InChI=1S/C13H17ClO2/c1-4-10-8-11(13(15)9(3)14)6-7-12(10)16-5-2/h6-9H,4-5H2,1-3H3. The maximum absolute atomic E-state index is 11.7. The summed E-state index contributed by atoms with van der Waals surface area (Å²) in [5.74, 6) is 0.809. The number of carbonyl (C=O) groups excluding carboxylic acids is 1. The predicted octanol–water partition coefficient (Wildman–Crippen LogP) is 3.46. The fraction of sp³-hybridized carbons (Fsp3) is 0.462. The summed E-state index contributed by atoms with van der Waals surface area (Å²) < 4.78 is 5.48.